The number of carbonyl (C=O) groups is 1. The fourth-order valence-electron chi connectivity index (χ4n) is 2.54. The lowest BCUT2D eigenvalue weighted by Gasteiger charge is -2.12. The van der Waals surface area contributed by atoms with Gasteiger partial charge < -0.3 is 10.6 Å². The molecule has 0 aliphatic heterocycles. The van der Waals surface area contributed by atoms with Gasteiger partial charge in [0, 0.05) is 26.9 Å². The number of benzene rings is 3. The number of carbonyl (C=O) groups excluding carboxylic acids is 1. The molecule has 3 aromatic carbocycles. The van der Waals surface area contributed by atoms with Crippen LogP contribution in [0.25, 0.3) is 0 Å². The Morgan fingerprint density at radius 2 is 1.69 bits per heavy atom. The molecular weight excluding hydrogens is 443 g/mol. The van der Waals surface area contributed by atoms with Crippen LogP contribution in [0.4, 0.5) is 11.4 Å². The molecule has 0 amide bonds. The van der Waals surface area contributed by atoms with Gasteiger partial charge in [0.1, 0.15) is 0 Å². The van der Waals surface area contributed by atoms with Crippen LogP contribution < -0.4 is 10.6 Å². The van der Waals surface area contributed by atoms with Crippen LogP contribution in [0.15, 0.2) is 71.6 Å². The summed E-state index contributed by atoms with van der Waals surface area (Å²) in [4.78, 5) is 13.4. The van der Waals surface area contributed by atoms with Gasteiger partial charge in [-0.25, -0.2) is 0 Å². The van der Waals surface area contributed by atoms with E-state index in [4.69, 9.17) is 35.4 Å². The summed E-state index contributed by atoms with van der Waals surface area (Å²) in [6, 6.07) is 20.6. The number of thioether (sulfide) groups is 1. The van der Waals surface area contributed by atoms with Crippen LogP contribution in [0.2, 0.25) is 10.0 Å². The number of hydrogen-bond donors (Lipinski definition) is 2. The molecule has 0 aromatic heterocycles. The lowest BCUT2D eigenvalue weighted by atomic mass is 10.1. The molecule has 3 rings (SSSR count). The van der Waals surface area contributed by atoms with E-state index in [1.54, 1.807) is 18.2 Å². The third-order valence-corrected chi connectivity index (χ3v) is 5.75. The van der Waals surface area contributed by atoms with Crippen molar-refractivity contribution in [2.75, 3.05) is 16.4 Å². The topological polar surface area (TPSA) is 41.1 Å². The minimum Gasteiger partial charge on any atom is -0.332 e. The van der Waals surface area contributed by atoms with Gasteiger partial charge in [0.15, 0.2) is 10.9 Å². The van der Waals surface area contributed by atoms with Crippen LogP contribution in [-0.2, 0) is 0 Å². The van der Waals surface area contributed by atoms with Crippen molar-refractivity contribution in [1.82, 2.24) is 0 Å². The Labute approximate surface area is 189 Å². The number of aryl methyl sites for hydroxylation is 1. The van der Waals surface area contributed by atoms with E-state index in [0.29, 0.717) is 20.7 Å². The van der Waals surface area contributed by atoms with E-state index in [9.17, 15) is 4.79 Å². The highest BCUT2D eigenvalue weighted by molar-refractivity contribution is 8.00. The van der Waals surface area contributed by atoms with Crippen LogP contribution in [0.1, 0.15) is 15.9 Å². The van der Waals surface area contributed by atoms with Crippen LogP contribution in [0.5, 0.6) is 0 Å². The molecule has 0 spiro atoms. The van der Waals surface area contributed by atoms with Gasteiger partial charge in [-0.15, -0.1) is 11.8 Å². The van der Waals surface area contributed by atoms with E-state index < -0.39 is 0 Å². The molecule has 0 aliphatic rings. The highest BCUT2D eigenvalue weighted by Gasteiger charge is 2.11. The zero-order valence-corrected chi connectivity index (χ0v) is 18.7. The van der Waals surface area contributed by atoms with Crippen molar-refractivity contribution < 1.29 is 4.79 Å². The number of hydrogen-bond acceptors (Lipinski definition) is 3. The van der Waals surface area contributed by atoms with Crippen LogP contribution >= 0.6 is 47.2 Å². The highest BCUT2D eigenvalue weighted by Crippen LogP contribution is 2.26. The van der Waals surface area contributed by atoms with Crippen molar-refractivity contribution in [1.29, 1.82) is 0 Å². The van der Waals surface area contributed by atoms with E-state index in [2.05, 4.69) is 10.6 Å². The predicted molar refractivity (Wildman–Crippen MR) is 129 cm³/mol. The second kappa shape index (κ2) is 10.1. The Kier molecular flexibility index (Phi) is 7.56. The first-order chi connectivity index (χ1) is 13.9. The molecule has 0 atom stereocenters. The standard InChI is InChI=1S/C22H18Cl2N2OS2/c1-14-5-8-16(9-6-14)25-22(28)26-17-3-2-4-18(12-17)29-13-21(27)19-10-7-15(23)11-20(19)24/h2-12H,13H2,1H3,(H2,25,26,28). The van der Waals surface area contributed by atoms with Crippen LogP contribution in [0, 0.1) is 6.92 Å². The number of thiocarbonyl (C=S) groups is 1. The van der Waals surface area contributed by atoms with E-state index >= 15 is 0 Å². The van der Waals surface area contributed by atoms with Crippen molar-refractivity contribution in [2.45, 2.75) is 11.8 Å². The minimum atomic E-state index is -0.0495. The van der Waals surface area contributed by atoms with Gasteiger partial charge in [-0.05, 0) is 67.7 Å². The summed E-state index contributed by atoms with van der Waals surface area (Å²) in [7, 11) is 0. The Hall–Kier alpha value is -2.05. The molecule has 0 bridgehead atoms. The Balaban J connectivity index is 1.58. The SMILES string of the molecule is Cc1ccc(NC(=S)Nc2cccc(SCC(=O)c3ccc(Cl)cc3Cl)c2)cc1. The molecule has 3 nitrogen and oxygen atoms in total. The van der Waals surface area contributed by atoms with Crippen molar-refractivity contribution in [3.8, 4) is 0 Å². The molecule has 0 saturated heterocycles. The first-order valence-electron chi connectivity index (χ1n) is 8.76. The molecule has 0 aliphatic carbocycles. The molecule has 2 N–H and O–H groups in total. The van der Waals surface area contributed by atoms with E-state index in [1.165, 1.54) is 17.3 Å². The molecule has 0 unspecified atom stereocenters. The van der Waals surface area contributed by atoms with Gasteiger partial charge in [0.2, 0.25) is 0 Å². The number of rotatable bonds is 6. The van der Waals surface area contributed by atoms with Gasteiger partial charge in [-0.2, -0.15) is 0 Å². The van der Waals surface area contributed by atoms with Gasteiger partial charge in [-0.3, -0.25) is 4.79 Å². The first kappa shape index (κ1) is 21.7. The molecule has 29 heavy (non-hydrogen) atoms. The number of anilines is 2. The molecule has 0 radical (unpaired) electrons. The van der Waals surface area contributed by atoms with Crippen molar-refractivity contribution in [3.63, 3.8) is 0 Å². The summed E-state index contributed by atoms with van der Waals surface area (Å²) in [6.07, 6.45) is 0. The van der Waals surface area contributed by atoms with E-state index in [0.717, 1.165) is 16.3 Å². The Morgan fingerprint density at radius 3 is 2.41 bits per heavy atom. The summed E-state index contributed by atoms with van der Waals surface area (Å²) >= 11 is 18.8. The summed E-state index contributed by atoms with van der Waals surface area (Å²) in [5.41, 5.74) is 3.43. The maximum atomic E-state index is 12.4. The third-order valence-electron chi connectivity index (χ3n) is 4.00. The number of nitrogens with one attached hydrogen (secondary N) is 2. The smallest absolute Gasteiger partial charge is 0.175 e. The summed E-state index contributed by atoms with van der Waals surface area (Å²) < 4.78 is 0. The molecule has 7 heteroatoms. The normalized spacial score (nSPS) is 10.4. The van der Waals surface area contributed by atoms with Crippen LogP contribution in [0.3, 0.4) is 0 Å². The Bertz CT molecular complexity index is 1040. The Morgan fingerprint density at radius 1 is 0.966 bits per heavy atom. The summed E-state index contributed by atoms with van der Waals surface area (Å²) in [5.74, 6) is 0.225. The average molecular weight is 461 g/mol. The molecule has 3 aromatic rings. The average Bonchev–Trinajstić information content (AvgIpc) is 2.68. The molecule has 0 heterocycles. The fraction of sp³-hybridized carbons (Fsp3) is 0.0909. The second-order valence-electron chi connectivity index (χ2n) is 6.31. The molecule has 148 valence electrons. The number of Topliss-reactive ketones (excluding diaryl/α,β-unsaturated/α-hetero) is 1. The maximum absolute atomic E-state index is 12.4. The van der Waals surface area contributed by atoms with E-state index in [-0.39, 0.29) is 11.5 Å². The molecule has 0 saturated carbocycles. The van der Waals surface area contributed by atoms with Gasteiger partial charge in [0.05, 0.1) is 10.8 Å². The molecular formula is C22H18Cl2N2OS2. The van der Waals surface area contributed by atoms with Crippen molar-refractivity contribution >= 4 is 69.5 Å². The van der Waals surface area contributed by atoms with Crippen molar-refractivity contribution in [3.05, 3.63) is 87.9 Å². The first-order valence-corrected chi connectivity index (χ1v) is 10.9. The van der Waals surface area contributed by atoms with Crippen LogP contribution in [-0.4, -0.2) is 16.6 Å². The number of halogens is 2. The highest BCUT2D eigenvalue weighted by atomic mass is 35.5. The monoisotopic (exact) mass is 460 g/mol. The fourth-order valence-corrected chi connectivity index (χ4v) is 4.12. The number of ketones is 1. The second-order valence-corrected chi connectivity index (χ2v) is 8.61. The third kappa shape index (κ3) is 6.47. The van der Waals surface area contributed by atoms with Gasteiger partial charge in [0.25, 0.3) is 0 Å². The zero-order chi connectivity index (χ0) is 20.8. The predicted octanol–water partition coefficient (Wildman–Crippen LogP) is 7.09. The molecule has 0 fully saturated rings. The maximum Gasteiger partial charge on any atom is 0.175 e. The quantitative estimate of drug-likeness (QED) is 0.233. The lowest BCUT2D eigenvalue weighted by Crippen LogP contribution is -2.19. The lowest BCUT2D eigenvalue weighted by molar-refractivity contribution is 0.102. The largest absolute Gasteiger partial charge is 0.332 e. The minimum absolute atomic E-state index is 0.0495. The summed E-state index contributed by atoms with van der Waals surface area (Å²) in [5, 5.41) is 7.69. The van der Waals surface area contributed by atoms with E-state index in [1.807, 2.05) is 55.5 Å². The zero-order valence-electron chi connectivity index (χ0n) is 15.5. The summed E-state index contributed by atoms with van der Waals surface area (Å²) in [6.45, 7) is 2.04. The van der Waals surface area contributed by atoms with Crippen molar-refractivity contribution in [2.24, 2.45) is 0 Å². The van der Waals surface area contributed by atoms with Gasteiger partial charge in [-0.1, -0.05) is 47.0 Å². The van der Waals surface area contributed by atoms with Gasteiger partial charge >= 0.3 is 0 Å².